The first-order chi connectivity index (χ1) is 8.70. The minimum atomic E-state index is -0.331. The molecule has 1 N–H and O–H groups in total. The lowest BCUT2D eigenvalue weighted by Gasteiger charge is -2.32. The molecule has 0 saturated carbocycles. The van der Waals surface area contributed by atoms with E-state index in [2.05, 4.69) is 17.1 Å². The average Bonchev–Trinajstić information content (AvgIpc) is 2.39. The number of anilines is 1. The van der Waals surface area contributed by atoms with E-state index in [4.69, 9.17) is 0 Å². The molecule has 1 aromatic carbocycles. The van der Waals surface area contributed by atoms with Crippen LogP contribution in [0.15, 0.2) is 24.3 Å². The van der Waals surface area contributed by atoms with Gasteiger partial charge in [0, 0.05) is 18.7 Å². The number of piperidine rings is 1. The maximum atomic E-state index is 10.9. The van der Waals surface area contributed by atoms with Gasteiger partial charge in [-0.3, -0.25) is 10.1 Å². The average molecular weight is 249 g/mol. The quantitative estimate of drug-likeness (QED) is 0.658. The zero-order valence-electron chi connectivity index (χ0n) is 10.6. The van der Waals surface area contributed by atoms with Crippen LogP contribution in [0.1, 0.15) is 19.8 Å². The number of likely N-dealkylation sites (tertiary alicyclic amines) is 1. The molecule has 0 amide bonds. The number of para-hydroxylation sites is 2. The van der Waals surface area contributed by atoms with Crippen molar-refractivity contribution in [3.63, 3.8) is 0 Å². The van der Waals surface area contributed by atoms with Crippen LogP contribution in [0.2, 0.25) is 0 Å². The third-order valence-corrected chi connectivity index (χ3v) is 3.41. The minimum absolute atomic E-state index is 0.158. The highest BCUT2D eigenvalue weighted by Crippen LogP contribution is 2.25. The number of nitrogens with zero attached hydrogens (tertiary/aromatic N) is 2. The lowest BCUT2D eigenvalue weighted by atomic mass is 10.1. The summed E-state index contributed by atoms with van der Waals surface area (Å²) in [6.45, 7) is 5.27. The molecule has 1 aliphatic heterocycles. The van der Waals surface area contributed by atoms with Gasteiger partial charge in [0.15, 0.2) is 0 Å². The van der Waals surface area contributed by atoms with Gasteiger partial charge < -0.3 is 10.2 Å². The Hall–Kier alpha value is -1.62. The summed E-state index contributed by atoms with van der Waals surface area (Å²) in [6.07, 6.45) is 2.22. The van der Waals surface area contributed by atoms with E-state index in [1.807, 2.05) is 6.07 Å². The van der Waals surface area contributed by atoms with Crippen molar-refractivity contribution in [2.24, 2.45) is 0 Å². The molecule has 5 heteroatoms. The second-order valence-corrected chi connectivity index (χ2v) is 4.65. The Morgan fingerprint density at radius 2 is 2.28 bits per heavy atom. The van der Waals surface area contributed by atoms with Gasteiger partial charge in [0.2, 0.25) is 0 Å². The molecule has 0 bridgehead atoms. The van der Waals surface area contributed by atoms with Crippen LogP contribution < -0.4 is 5.32 Å². The highest BCUT2D eigenvalue weighted by Gasteiger charge is 2.21. The molecule has 2 rings (SSSR count). The Labute approximate surface area is 107 Å². The van der Waals surface area contributed by atoms with Gasteiger partial charge in [0.05, 0.1) is 4.92 Å². The first-order valence-electron chi connectivity index (χ1n) is 6.43. The number of hydrogen-bond donors (Lipinski definition) is 1. The fraction of sp³-hybridized carbons (Fsp3) is 0.538. The van der Waals surface area contributed by atoms with Crippen LogP contribution in [0.3, 0.4) is 0 Å². The molecular weight excluding hydrogens is 230 g/mol. The lowest BCUT2D eigenvalue weighted by Crippen LogP contribution is -2.41. The Balaban J connectivity index is 2.07. The molecule has 1 unspecified atom stereocenters. The van der Waals surface area contributed by atoms with Gasteiger partial charge in [-0.1, -0.05) is 19.1 Å². The molecule has 18 heavy (non-hydrogen) atoms. The van der Waals surface area contributed by atoms with Gasteiger partial charge in [-0.25, -0.2) is 0 Å². The van der Waals surface area contributed by atoms with E-state index in [1.165, 1.54) is 0 Å². The van der Waals surface area contributed by atoms with Crippen molar-refractivity contribution >= 4 is 11.4 Å². The zero-order valence-corrected chi connectivity index (χ0v) is 10.6. The van der Waals surface area contributed by atoms with Crippen molar-refractivity contribution in [2.45, 2.75) is 25.8 Å². The summed E-state index contributed by atoms with van der Waals surface area (Å²) in [5.41, 5.74) is 0.788. The number of nitro groups is 1. The highest BCUT2D eigenvalue weighted by atomic mass is 16.6. The Morgan fingerprint density at radius 3 is 3.00 bits per heavy atom. The van der Waals surface area contributed by atoms with Gasteiger partial charge in [0.25, 0.3) is 5.69 Å². The molecule has 0 aromatic heterocycles. The summed E-state index contributed by atoms with van der Waals surface area (Å²) >= 11 is 0. The van der Waals surface area contributed by atoms with Gasteiger partial charge in [-0.2, -0.15) is 0 Å². The number of nitrogens with one attached hydrogen (secondary N) is 1. The Kier molecular flexibility index (Phi) is 4.15. The summed E-state index contributed by atoms with van der Waals surface area (Å²) in [7, 11) is 0. The van der Waals surface area contributed by atoms with Crippen LogP contribution in [0.25, 0.3) is 0 Å². The van der Waals surface area contributed by atoms with Crippen LogP contribution in [-0.4, -0.2) is 35.5 Å². The van der Waals surface area contributed by atoms with E-state index in [0.717, 1.165) is 32.5 Å². The summed E-state index contributed by atoms with van der Waals surface area (Å²) < 4.78 is 0. The smallest absolute Gasteiger partial charge is 0.292 e. The maximum absolute atomic E-state index is 10.9. The topological polar surface area (TPSA) is 58.4 Å². The first-order valence-corrected chi connectivity index (χ1v) is 6.43. The summed E-state index contributed by atoms with van der Waals surface area (Å²) in [5, 5.41) is 14.3. The molecule has 1 fully saturated rings. The van der Waals surface area contributed by atoms with Crippen molar-refractivity contribution in [3.05, 3.63) is 34.4 Å². The van der Waals surface area contributed by atoms with Crippen molar-refractivity contribution < 1.29 is 4.92 Å². The molecule has 1 aliphatic rings. The first kappa shape index (κ1) is 12.8. The predicted octanol–water partition coefficient (Wildman–Crippen LogP) is 2.49. The molecular formula is C13H19N3O2. The lowest BCUT2D eigenvalue weighted by molar-refractivity contribution is -0.384. The van der Waals surface area contributed by atoms with E-state index in [-0.39, 0.29) is 10.6 Å². The number of nitro benzene ring substituents is 1. The van der Waals surface area contributed by atoms with Crippen molar-refractivity contribution in [2.75, 3.05) is 25.0 Å². The Bertz CT molecular complexity index is 422. The van der Waals surface area contributed by atoms with Crippen molar-refractivity contribution in [3.8, 4) is 0 Å². The van der Waals surface area contributed by atoms with Crippen LogP contribution in [0, 0.1) is 10.1 Å². The molecule has 0 aliphatic carbocycles. The highest BCUT2D eigenvalue weighted by molar-refractivity contribution is 5.61. The summed E-state index contributed by atoms with van der Waals surface area (Å²) in [6, 6.07) is 7.16. The second kappa shape index (κ2) is 5.82. The number of hydrogen-bond acceptors (Lipinski definition) is 4. The number of rotatable bonds is 4. The standard InChI is InChI=1S/C13H19N3O2/c1-2-15-9-5-6-11(10-15)14-12-7-3-4-8-13(12)16(17)18/h3-4,7-8,11,14H,2,5-6,9-10H2,1H3. The molecule has 1 saturated heterocycles. The fourth-order valence-corrected chi connectivity index (χ4v) is 2.44. The van der Waals surface area contributed by atoms with Gasteiger partial charge in [0.1, 0.15) is 5.69 Å². The second-order valence-electron chi connectivity index (χ2n) is 4.65. The molecule has 98 valence electrons. The van der Waals surface area contributed by atoms with Crippen LogP contribution in [0.4, 0.5) is 11.4 Å². The van der Waals surface area contributed by atoms with E-state index in [0.29, 0.717) is 11.7 Å². The fourth-order valence-electron chi connectivity index (χ4n) is 2.44. The van der Waals surface area contributed by atoms with E-state index < -0.39 is 0 Å². The third-order valence-electron chi connectivity index (χ3n) is 3.41. The summed E-state index contributed by atoms with van der Waals surface area (Å²) in [5.74, 6) is 0. The van der Waals surface area contributed by atoms with Gasteiger partial charge in [-0.05, 0) is 32.0 Å². The molecule has 0 radical (unpaired) electrons. The van der Waals surface area contributed by atoms with Crippen LogP contribution >= 0.6 is 0 Å². The molecule has 1 heterocycles. The van der Waals surface area contributed by atoms with Crippen LogP contribution in [-0.2, 0) is 0 Å². The zero-order chi connectivity index (χ0) is 13.0. The number of likely N-dealkylation sites (N-methyl/N-ethyl adjacent to an activating group) is 1. The Morgan fingerprint density at radius 1 is 1.50 bits per heavy atom. The molecule has 1 atom stereocenters. The SMILES string of the molecule is CCN1CCCC(Nc2ccccc2[N+](=O)[O-])C1. The predicted molar refractivity (Wildman–Crippen MR) is 71.9 cm³/mol. The monoisotopic (exact) mass is 249 g/mol. The van der Waals surface area contributed by atoms with Gasteiger partial charge in [-0.15, -0.1) is 0 Å². The van der Waals surface area contributed by atoms with Gasteiger partial charge >= 0.3 is 0 Å². The molecule has 5 nitrogen and oxygen atoms in total. The molecule has 1 aromatic rings. The van der Waals surface area contributed by atoms with E-state index in [9.17, 15) is 10.1 Å². The van der Waals surface area contributed by atoms with E-state index >= 15 is 0 Å². The van der Waals surface area contributed by atoms with Crippen molar-refractivity contribution in [1.29, 1.82) is 0 Å². The van der Waals surface area contributed by atoms with Crippen LogP contribution in [0.5, 0.6) is 0 Å². The maximum Gasteiger partial charge on any atom is 0.292 e. The summed E-state index contributed by atoms with van der Waals surface area (Å²) in [4.78, 5) is 13.0. The normalized spacial score (nSPS) is 20.6. The largest absolute Gasteiger partial charge is 0.375 e. The number of benzene rings is 1. The van der Waals surface area contributed by atoms with Crippen molar-refractivity contribution in [1.82, 2.24) is 4.90 Å². The minimum Gasteiger partial charge on any atom is -0.375 e. The third kappa shape index (κ3) is 2.98. The molecule has 0 spiro atoms. The van der Waals surface area contributed by atoms with E-state index in [1.54, 1.807) is 18.2 Å².